The number of hydrogen-bond donors (Lipinski definition) is 2. The highest BCUT2D eigenvalue weighted by atomic mass is 79.9. The van der Waals surface area contributed by atoms with Crippen molar-refractivity contribution in [3.05, 3.63) is 38.8 Å². The number of nitrogens with one attached hydrogen (secondary N) is 1. The normalized spacial score (nSPS) is 12.4. The number of thiophene rings is 1. The Morgan fingerprint density at radius 3 is 2.76 bits per heavy atom. The van der Waals surface area contributed by atoms with Crippen LogP contribution in [-0.2, 0) is 0 Å². The van der Waals surface area contributed by atoms with Gasteiger partial charge >= 0.3 is 0 Å². The van der Waals surface area contributed by atoms with Crippen LogP contribution in [0.3, 0.4) is 0 Å². The maximum absolute atomic E-state index is 9.99. The maximum atomic E-state index is 9.99. The van der Waals surface area contributed by atoms with E-state index in [0.717, 1.165) is 14.9 Å². The fraction of sp³-hybridized carbons (Fsp3) is 0.273. The summed E-state index contributed by atoms with van der Waals surface area (Å²) in [5, 5.41) is 15.0. The molecule has 1 unspecified atom stereocenters. The van der Waals surface area contributed by atoms with Crippen LogP contribution in [0.15, 0.2) is 28.3 Å². The second-order valence-corrected chi connectivity index (χ2v) is 5.45. The second-order valence-electron chi connectivity index (χ2n) is 3.59. The number of halogens is 1. The van der Waals surface area contributed by atoms with Gasteiger partial charge in [-0.1, -0.05) is 0 Å². The van der Waals surface area contributed by atoms with Gasteiger partial charge in [-0.15, -0.1) is 11.3 Å². The van der Waals surface area contributed by atoms with Gasteiger partial charge in [-0.3, -0.25) is 0 Å². The average Bonchev–Trinajstić information content (AvgIpc) is 2.74. The number of aryl methyl sites for hydroxylation is 1. The van der Waals surface area contributed by atoms with E-state index in [4.69, 9.17) is 0 Å². The number of aromatic nitrogens is 2. The van der Waals surface area contributed by atoms with Crippen LogP contribution in [-0.4, -0.2) is 21.6 Å². The first-order valence-electron chi connectivity index (χ1n) is 5.10. The summed E-state index contributed by atoms with van der Waals surface area (Å²) in [6, 6.07) is 2.00. The highest BCUT2D eigenvalue weighted by molar-refractivity contribution is 9.10. The molecular weight excluding hydrogens is 302 g/mol. The molecule has 0 spiro atoms. The zero-order valence-corrected chi connectivity index (χ0v) is 11.6. The zero-order chi connectivity index (χ0) is 12.3. The summed E-state index contributed by atoms with van der Waals surface area (Å²) in [5.74, 6) is 0.515. The first-order valence-corrected chi connectivity index (χ1v) is 6.77. The molecule has 2 aromatic rings. The SMILES string of the molecule is Cc1ccsc1C(O)CNc1ncc(Br)cn1. The standard InChI is InChI=1S/C11H12BrN3OS/c1-7-2-3-17-10(7)9(16)6-15-11-13-4-8(12)5-14-11/h2-5,9,16H,6H2,1H3,(H,13,14,15). The molecule has 0 fully saturated rings. The third kappa shape index (κ3) is 3.24. The number of hydrogen-bond acceptors (Lipinski definition) is 5. The van der Waals surface area contributed by atoms with Gasteiger partial charge in [0.05, 0.1) is 4.47 Å². The smallest absolute Gasteiger partial charge is 0.222 e. The van der Waals surface area contributed by atoms with E-state index in [0.29, 0.717) is 12.5 Å². The molecule has 2 rings (SSSR count). The van der Waals surface area contributed by atoms with Crippen molar-refractivity contribution < 1.29 is 5.11 Å². The average molecular weight is 314 g/mol. The van der Waals surface area contributed by atoms with Crippen LogP contribution in [0.25, 0.3) is 0 Å². The lowest BCUT2D eigenvalue weighted by atomic mass is 10.2. The van der Waals surface area contributed by atoms with Crippen LogP contribution in [0.5, 0.6) is 0 Å². The van der Waals surface area contributed by atoms with Gasteiger partial charge in [-0.2, -0.15) is 0 Å². The number of aliphatic hydroxyl groups is 1. The third-order valence-corrected chi connectivity index (χ3v) is 3.81. The van der Waals surface area contributed by atoms with Crippen molar-refractivity contribution in [3.8, 4) is 0 Å². The molecule has 0 aliphatic carbocycles. The number of nitrogens with zero attached hydrogens (tertiary/aromatic N) is 2. The van der Waals surface area contributed by atoms with Gasteiger partial charge in [-0.05, 0) is 39.9 Å². The van der Waals surface area contributed by atoms with Gasteiger partial charge in [0.15, 0.2) is 0 Å². The zero-order valence-electron chi connectivity index (χ0n) is 9.22. The quantitative estimate of drug-likeness (QED) is 0.911. The summed E-state index contributed by atoms with van der Waals surface area (Å²) in [5.41, 5.74) is 1.11. The molecular formula is C11H12BrN3OS. The molecule has 0 radical (unpaired) electrons. The molecule has 2 N–H and O–H groups in total. The topological polar surface area (TPSA) is 58.0 Å². The van der Waals surface area contributed by atoms with E-state index < -0.39 is 6.10 Å². The summed E-state index contributed by atoms with van der Waals surface area (Å²) in [6.07, 6.45) is 2.80. The highest BCUT2D eigenvalue weighted by Gasteiger charge is 2.11. The van der Waals surface area contributed by atoms with E-state index in [1.165, 1.54) is 0 Å². The first kappa shape index (κ1) is 12.5. The van der Waals surface area contributed by atoms with Crippen molar-refractivity contribution in [1.29, 1.82) is 0 Å². The summed E-state index contributed by atoms with van der Waals surface area (Å²) in [6.45, 7) is 2.40. The van der Waals surface area contributed by atoms with Gasteiger partial charge < -0.3 is 10.4 Å². The predicted octanol–water partition coefficient (Wildman–Crippen LogP) is 2.75. The number of rotatable bonds is 4. The Morgan fingerprint density at radius 2 is 2.18 bits per heavy atom. The van der Waals surface area contributed by atoms with Gasteiger partial charge in [0.2, 0.25) is 5.95 Å². The van der Waals surface area contributed by atoms with Crippen LogP contribution in [0, 0.1) is 6.92 Å². The lowest BCUT2D eigenvalue weighted by Crippen LogP contribution is -2.13. The Balaban J connectivity index is 1.94. The summed E-state index contributed by atoms with van der Waals surface area (Å²) in [7, 11) is 0. The van der Waals surface area contributed by atoms with Crippen LogP contribution in [0.4, 0.5) is 5.95 Å². The highest BCUT2D eigenvalue weighted by Crippen LogP contribution is 2.23. The lowest BCUT2D eigenvalue weighted by molar-refractivity contribution is 0.194. The van der Waals surface area contributed by atoms with Crippen LogP contribution < -0.4 is 5.32 Å². The third-order valence-electron chi connectivity index (χ3n) is 2.28. The molecule has 0 aliphatic heterocycles. The van der Waals surface area contributed by atoms with Crippen molar-refractivity contribution in [2.45, 2.75) is 13.0 Å². The molecule has 0 aliphatic rings. The van der Waals surface area contributed by atoms with Crippen molar-refractivity contribution >= 4 is 33.2 Å². The second kappa shape index (κ2) is 5.57. The Hall–Kier alpha value is -0.980. The number of aliphatic hydroxyl groups excluding tert-OH is 1. The van der Waals surface area contributed by atoms with Crippen LogP contribution in [0.1, 0.15) is 16.5 Å². The molecule has 1 atom stereocenters. The first-order chi connectivity index (χ1) is 8.16. The van der Waals surface area contributed by atoms with E-state index in [1.807, 2.05) is 18.4 Å². The molecule has 0 saturated carbocycles. The Bertz CT molecular complexity index is 486. The molecule has 90 valence electrons. The summed E-state index contributed by atoms with van der Waals surface area (Å²) in [4.78, 5) is 9.14. The van der Waals surface area contributed by atoms with Crippen LogP contribution >= 0.6 is 27.3 Å². The largest absolute Gasteiger partial charge is 0.386 e. The summed E-state index contributed by atoms with van der Waals surface area (Å²) >= 11 is 4.82. The fourth-order valence-electron chi connectivity index (χ4n) is 1.41. The molecule has 4 nitrogen and oxygen atoms in total. The Labute approximate surface area is 112 Å². The molecule has 0 aromatic carbocycles. The van der Waals surface area contributed by atoms with Crippen LogP contribution in [0.2, 0.25) is 0 Å². The van der Waals surface area contributed by atoms with Gasteiger partial charge in [0, 0.05) is 23.8 Å². The molecule has 2 heterocycles. The minimum absolute atomic E-state index is 0.406. The Kier molecular flexibility index (Phi) is 4.09. The molecule has 6 heteroatoms. The molecule has 17 heavy (non-hydrogen) atoms. The van der Waals surface area contributed by atoms with Gasteiger partial charge in [0.25, 0.3) is 0 Å². The maximum Gasteiger partial charge on any atom is 0.222 e. The van der Waals surface area contributed by atoms with E-state index in [-0.39, 0.29) is 0 Å². The van der Waals surface area contributed by atoms with E-state index in [2.05, 4.69) is 31.2 Å². The molecule has 2 aromatic heterocycles. The van der Waals surface area contributed by atoms with E-state index >= 15 is 0 Å². The van der Waals surface area contributed by atoms with E-state index in [1.54, 1.807) is 23.7 Å². The van der Waals surface area contributed by atoms with Crippen molar-refractivity contribution in [2.24, 2.45) is 0 Å². The van der Waals surface area contributed by atoms with Crippen molar-refractivity contribution in [1.82, 2.24) is 9.97 Å². The predicted molar refractivity (Wildman–Crippen MR) is 72.2 cm³/mol. The minimum Gasteiger partial charge on any atom is -0.386 e. The van der Waals surface area contributed by atoms with Gasteiger partial charge in [-0.25, -0.2) is 9.97 Å². The van der Waals surface area contributed by atoms with Gasteiger partial charge in [0.1, 0.15) is 6.10 Å². The van der Waals surface area contributed by atoms with E-state index in [9.17, 15) is 5.11 Å². The molecule has 0 saturated heterocycles. The van der Waals surface area contributed by atoms with Crippen molar-refractivity contribution in [2.75, 3.05) is 11.9 Å². The lowest BCUT2D eigenvalue weighted by Gasteiger charge is -2.11. The van der Waals surface area contributed by atoms with Crippen molar-refractivity contribution in [3.63, 3.8) is 0 Å². The Morgan fingerprint density at radius 1 is 1.47 bits per heavy atom. The minimum atomic E-state index is -0.526. The summed E-state index contributed by atoms with van der Waals surface area (Å²) < 4.78 is 0.831. The fourth-order valence-corrected chi connectivity index (χ4v) is 2.53. The monoisotopic (exact) mass is 313 g/mol. The number of anilines is 1. The molecule has 0 bridgehead atoms. The molecule has 0 amide bonds.